The van der Waals surface area contributed by atoms with E-state index in [9.17, 15) is 10.2 Å². The molecule has 0 spiro atoms. The molecule has 0 radical (unpaired) electrons. The zero-order valence-electron chi connectivity index (χ0n) is 15.3. The molecule has 0 unspecified atom stereocenters. The van der Waals surface area contributed by atoms with Gasteiger partial charge in [0.05, 0.1) is 0 Å². The molecular weight excluding hydrogens is 362 g/mol. The van der Waals surface area contributed by atoms with Crippen molar-refractivity contribution in [3.63, 3.8) is 0 Å². The molecule has 0 aromatic heterocycles. The van der Waals surface area contributed by atoms with E-state index in [0.29, 0.717) is 0 Å². The Hall–Kier alpha value is -2.51. The highest BCUT2D eigenvalue weighted by molar-refractivity contribution is 5.86. The fourth-order valence-corrected chi connectivity index (χ4v) is 1.83. The fourth-order valence-electron chi connectivity index (χ4n) is 1.83. The maximum Gasteiger partial charge on any atom is 0.300 e. The van der Waals surface area contributed by atoms with E-state index in [4.69, 9.17) is 19.8 Å². The molecule has 0 bridgehead atoms. The van der Waals surface area contributed by atoms with Crippen LogP contribution < -0.4 is 0 Å². The van der Waals surface area contributed by atoms with Gasteiger partial charge in [-0.1, -0.05) is 18.2 Å². The Morgan fingerprint density at radius 3 is 1.73 bits per heavy atom. The van der Waals surface area contributed by atoms with Crippen LogP contribution in [-0.4, -0.2) is 57.9 Å². The SMILES string of the molecule is CC(=O)O.CC(=O)O.CN(C)CCc1ccc2cc(O)c(O)cc2c1.Cl. The molecular formula is C18H26ClNO6. The zero-order valence-corrected chi connectivity index (χ0v) is 16.1. The van der Waals surface area contributed by atoms with Crippen molar-refractivity contribution in [1.82, 2.24) is 4.90 Å². The number of rotatable bonds is 3. The Morgan fingerprint density at radius 2 is 1.31 bits per heavy atom. The van der Waals surface area contributed by atoms with Crippen LogP contribution in [0.15, 0.2) is 30.3 Å². The normalized spacial score (nSPS) is 9.27. The van der Waals surface area contributed by atoms with E-state index in [1.54, 1.807) is 12.1 Å². The number of hydrogen-bond donors (Lipinski definition) is 4. The molecule has 4 N–H and O–H groups in total. The molecule has 0 saturated heterocycles. The summed E-state index contributed by atoms with van der Waals surface area (Å²) in [7, 11) is 4.09. The first kappa shape index (κ1) is 25.7. The summed E-state index contributed by atoms with van der Waals surface area (Å²) in [6, 6.07) is 9.27. The highest BCUT2D eigenvalue weighted by Crippen LogP contribution is 2.30. The predicted molar refractivity (Wildman–Crippen MR) is 103 cm³/mol. The molecule has 8 heteroatoms. The number of carboxylic acid groups (broad SMARTS) is 2. The maximum atomic E-state index is 9.47. The number of phenols is 2. The number of carbonyl (C=O) groups is 2. The Morgan fingerprint density at radius 1 is 0.885 bits per heavy atom. The summed E-state index contributed by atoms with van der Waals surface area (Å²) in [4.78, 5) is 20.1. The van der Waals surface area contributed by atoms with Crippen LogP contribution in [0.3, 0.4) is 0 Å². The molecule has 7 nitrogen and oxygen atoms in total. The minimum absolute atomic E-state index is 0. The fraction of sp³-hybridized carbons (Fsp3) is 0.333. The molecule has 0 atom stereocenters. The van der Waals surface area contributed by atoms with E-state index in [2.05, 4.69) is 17.0 Å². The van der Waals surface area contributed by atoms with E-state index in [0.717, 1.165) is 37.6 Å². The van der Waals surface area contributed by atoms with Crippen LogP contribution in [0.4, 0.5) is 0 Å². The van der Waals surface area contributed by atoms with Gasteiger partial charge in [-0.2, -0.15) is 0 Å². The molecule has 0 amide bonds. The molecule has 26 heavy (non-hydrogen) atoms. The second-order valence-corrected chi connectivity index (χ2v) is 5.61. The lowest BCUT2D eigenvalue weighted by atomic mass is 10.0. The Balaban J connectivity index is 0. The van der Waals surface area contributed by atoms with Crippen molar-refractivity contribution < 1.29 is 30.0 Å². The van der Waals surface area contributed by atoms with Crippen LogP contribution in [0.5, 0.6) is 11.5 Å². The lowest BCUT2D eigenvalue weighted by Crippen LogP contribution is -2.14. The van der Waals surface area contributed by atoms with E-state index in [-0.39, 0.29) is 23.9 Å². The van der Waals surface area contributed by atoms with Crippen LogP contribution in [0.25, 0.3) is 10.8 Å². The van der Waals surface area contributed by atoms with E-state index in [1.807, 2.05) is 20.2 Å². The van der Waals surface area contributed by atoms with Crippen LogP contribution in [-0.2, 0) is 16.0 Å². The van der Waals surface area contributed by atoms with Gasteiger partial charge >= 0.3 is 0 Å². The standard InChI is InChI=1S/C14H17NO2.2C2H4O2.ClH/c1-15(2)6-5-10-3-4-11-8-13(16)14(17)9-12(11)7-10;2*1-2(3)4;/h3-4,7-9,16-17H,5-6H2,1-2H3;2*1H3,(H,3,4);1H. The summed E-state index contributed by atoms with van der Waals surface area (Å²) in [5, 5.41) is 35.6. The minimum atomic E-state index is -0.833. The van der Waals surface area contributed by atoms with E-state index in [1.165, 1.54) is 5.56 Å². The molecule has 2 rings (SSSR count). The van der Waals surface area contributed by atoms with Crippen LogP contribution in [0.2, 0.25) is 0 Å². The van der Waals surface area contributed by atoms with Crippen molar-refractivity contribution in [3.05, 3.63) is 35.9 Å². The smallest absolute Gasteiger partial charge is 0.300 e. The third kappa shape index (κ3) is 11.9. The summed E-state index contributed by atoms with van der Waals surface area (Å²) in [5.41, 5.74) is 1.23. The van der Waals surface area contributed by atoms with Crippen molar-refractivity contribution in [3.8, 4) is 11.5 Å². The summed E-state index contributed by atoms with van der Waals surface area (Å²) < 4.78 is 0. The number of aromatic hydroxyl groups is 2. The van der Waals surface area contributed by atoms with Crippen LogP contribution >= 0.6 is 12.4 Å². The summed E-state index contributed by atoms with van der Waals surface area (Å²) in [6.07, 6.45) is 0.977. The van der Waals surface area contributed by atoms with Crippen molar-refractivity contribution >= 4 is 35.1 Å². The lowest BCUT2D eigenvalue weighted by molar-refractivity contribution is -0.135. The molecule has 2 aromatic rings. The number of benzene rings is 2. The Labute approximate surface area is 158 Å². The van der Waals surface area contributed by atoms with Gasteiger partial charge in [-0.05, 0) is 49.0 Å². The average Bonchev–Trinajstić information content (AvgIpc) is 2.45. The molecule has 146 valence electrons. The van der Waals surface area contributed by atoms with Crippen molar-refractivity contribution in [2.75, 3.05) is 20.6 Å². The van der Waals surface area contributed by atoms with Gasteiger partial charge in [0, 0.05) is 20.4 Å². The summed E-state index contributed by atoms with van der Waals surface area (Å²) in [6.45, 7) is 3.16. The highest BCUT2D eigenvalue weighted by Gasteiger charge is 2.03. The van der Waals surface area contributed by atoms with Gasteiger partial charge in [-0.3, -0.25) is 9.59 Å². The lowest BCUT2D eigenvalue weighted by Gasteiger charge is -2.10. The molecule has 0 aliphatic heterocycles. The topological polar surface area (TPSA) is 118 Å². The van der Waals surface area contributed by atoms with Gasteiger partial charge in [0.1, 0.15) is 0 Å². The van der Waals surface area contributed by atoms with Crippen LogP contribution in [0, 0.1) is 0 Å². The average molecular weight is 388 g/mol. The van der Waals surface area contributed by atoms with Gasteiger partial charge < -0.3 is 25.3 Å². The first-order chi connectivity index (χ1) is 11.5. The largest absolute Gasteiger partial charge is 0.504 e. The van der Waals surface area contributed by atoms with Crippen LogP contribution in [0.1, 0.15) is 19.4 Å². The summed E-state index contributed by atoms with van der Waals surface area (Å²) in [5.74, 6) is -1.80. The molecule has 0 saturated carbocycles. The second-order valence-electron chi connectivity index (χ2n) is 5.61. The number of phenolic OH excluding ortho intramolecular Hbond substituents is 2. The predicted octanol–water partition coefficient (Wildman–Crippen LogP) is 2.96. The van der Waals surface area contributed by atoms with Gasteiger partial charge in [0.15, 0.2) is 11.5 Å². The quantitative estimate of drug-likeness (QED) is 0.598. The monoisotopic (exact) mass is 387 g/mol. The van der Waals surface area contributed by atoms with Gasteiger partial charge in [0.2, 0.25) is 0 Å². The number of aliphatic carboxylic acids is 2. The minimum Gasteiger partial charge on any atom is -0.504 e. The highest BCUT2D eigenvalue weighted by atomic mass is 35.5. The molecule has 0 heterocycles. The number of fused-ring (bicyclic) bond motifs is 1. The molecule has 0 aliphatic carbocycles. The summed E-state index contributed by atoms with van der Waals surface area (Å²) >= 11 is 0. The molecule has 0 fully saturated rings. The zero-order chi connectivity index (χ0) is 19.6. The first-order valence-corrected chi connectivity index (χ1v) is 7.51. The number of hydrogen-bond acceptors (Lipinski definition) is 5. The third-order valence-corrected chi connectivity index (χ3v) is 2.85. The van der Waals surface area contributed by atoms with Gasteiger partial charge in [-0.25, -0.2) is 0 Å². The van der Waals surface area contributed by atoms with Crippen molar-refractivity contribution in [2.24, 2.45) is 0 Å². The second kappa shape index (κ2) is 12.8. The number of halogens is 1. The van der Waals surface area contributed by atoms with Crippen molar-refractivity contribution in [1.29, 1.82) is 0 Å². The van der Waals surface area contributed by atoms with E-state index >= 15 is 0 Å². The van der Waals surface area contributed by atoms with Gasteiger partial charge in [-0.15, -0.1) is 12.4 Å². The Kier molecular flexibility index (Phi) is 12.7. The third-order valence-electron chi connectivity index (χ3n) is 2.85. The number of carboxylic acids is 2. The molecule has 2 aromatic carbocycles. The van der Waals surface area contributed by atoms with Gasteiger partial charge in [0.25, 0.3) is 11.9 Å². The Bertz CT molecular complexity index is 698. The van der Waals surface area contributed by atoms with Crippen molar-refractivity contribution in [2.45, 2.75) is 20.3 Å². The first-order valence-electron chi connectivity index (χ1n) is 7.51. The number of likely N-dealkylation sites (N-methyl/N-ethyl adjacent to an activating group) is 1. The molecule has 0 aliphatic rings. The number of nitrogens with zero attached hydrogens (tertiary/aromatic N) is 1. The van der Waals surface area contributed by atoms with E-state index < -0.39 is 11.9 Å². The maximum absolute atomic E-state index is 9.47.